The molecule has 1 aromatic heterocycles. The first-order chi connectivity index (χ1) is 16.4. The maximum absolute atomic E-state index is 12.8. The summed E-state index contributed by atoms with van der Waals surface area (Å²) in [5, 5.41) is 6.33. The molecule has 1 aliphatic heterocycles. The maximum Gasteiger partial charge on any atom is 0.319 e. The van der Waals surface area contributed by atoms with Gasteiger partial charge < -0.3 is 15.5 Å². The molecule has 2 aromatic carbocycles. The predicted octanol–water partition coefficient (Wildman–Crippen LogP) is 3.46. The van der Waals surface area contributed by atoms with Crippen LogP contribution in [0, 0.1) is 19.8 Å². The van der Waals surface area contributed by atoms with Crippen molar-refractivity contribution in [3.05, 3.63) is 70.3 Å². The van der Waals surface area contributed by atoms with E-state index in [1.807, 2.05) is 55.1 Å². The summed E-state index contributed by atoms with van der Waals surface area (Å²) >= 11 is 0. The van der Waals surface area contributed by atoms with E-state index in [2.05, 4.69) is 15.6 Å². The van der Waals surface area contributed by atoms with Crippen LogP contribution in [0.1, 0.15) is 30.4 Å². The summed E-state index contributed by atoms with van der Waals surface area (Å²) < 4.78 is 1.51. The van der Waals surface area contributed by atoms with E-state index >= 15 is 0 Å². The maximum atomic E-state index is 12.8. The Hall–Kier alpha value is -3.68. The van der Waals surface area contributed by atoms with Gasteiger partial charge in [-0.2, -0.15) is 0 Å². The van der Waals surface area contributed by atoms with Crippen molar-refractivity contribution in [3.63, 3.8) is 0 Å². The van der Waals surface area contributed by atoms with Crippen molar-refractivity contribution in [1.29, 1.82) is 0 Å². The molecule has 3 amide bonds. The molecule has 0 spiro atoms. The van der Waals surface area contributed by atoms with Gasteiger partial charge in [-0.25, -0.2) is 9.78 Å². The van der Waals surface area contributed by atoms with Gasteiger partial charge in [-0.3, -0.25) is 14.2 Å². The number of urea groups is 1. The molecule has 1 saturated heterocycles. The second-order valence-corrected chi connectivity index (χ2v) is 9.01. The minimum atomic E-state index is -0.245. The smallest absolute Gasteiger partial charge is 0.319 e. The van der Waals surface area contributed by atoms with Crippen molar-refractivity contribution in [2.45, 2.75) is 39.7 Å². The van der Waals surface area contributed by atoms with Crippen LogP contribution in [-0.4, -0.2) is 46.0 Å². The van der Waals surface area contributed by atoms with Gasteiger partial charge in [-0.05, 0) is 56.4 Å². The van der Waals surface area contributed by atoms with E-state index in [-0.39, 0.29) is 29.8 Å². The molecular formula is C26H31N5O3. The number of benzene rings is 2. The van der Waals surface area contributed by atoms with Crippen molar-refractivity contribution in [1.82, 2.24) is 19.8 Å². The van der Waals surface area contributed by atoms with E-state index in [1.165, 1.54) is 10.9 Å². The predicted molar refractivity (Wildman–Crippen MR) is 133 cm³/mol. The monoisotopic (exact) mass is 461 g/mol. The van der Waals surface area contributed by atoms with Gasteiger partial charge in [-0.1, -0.05) is 29.8 Å². The minimum Gasteiger partial charge on any atom is -0.342 e. The van der Waals surface area contributed by atoms with Crippen molar-refractivity contribution < 1.29 is 9.59 Å². The van der Waals surface area contributed by atoms with Gasteiger partial charge in [0.1, 0.15) is 0 Å². The van der Waals surface area contributed by atoms with Crippen LogP contribution in [0.25, 0.3) is 10.9 Å². The van der Waals surface area contributed by atoms with E-state index in [0.29, 0.717) is 37.1 Å². The highest BCUT2D eigenvalue weighted by Crippen LogP contribution is 2.17. The Morgan fingerprint density at radius 1 is 1.12 bits per heavy atom. The Bertz CT molecular complexity index is 1240. The lowest BCUT2D eigenvalue weighted by atomic mass is 9.97. The second kappa shape index (κ2) is 10.5. The number of anilines is 1. The third-order valence-electron chi connectivity index (χ3n) is 6.35. The third kappa shape index (κ3) is 5.62. The molecule has 1 atom stereocenters. The first-order valence-corrected chi connectivity index (χ1v) is 11.7. The normalized spacial score (nSPS) is 15.8. The highest BCUT2D eigenvalue weighted by molar-refractivity contribution is 5.89. The Morgan fingerprint density at radius 3 is 2.71 bits per heavy atom. The van der Waals surface area contributed by atoms with E-state index in [0.717, 1.165) is 29.7 Å². The molecule has 1 fully saturated rings. The molecule has 2 N–H and O–H groups in total. The van der Waals surface area contributed by atoms with Gasteiger partial charge in [0, 0.05) is 38.3 Å². The van der Waals surface area contributed by atoms with E-state index < -0.39 is 0 Å². The van der Waals surface area contributed by atoms with Crippen molar-refractivity contribution in [2.75, 3.05) is 25.0 Å². The number of hydrogen-bond acceptors (Lipinski definition) is 4. The van der Waals surface area contributed by atoms with Crippen LogP contribution in [0.3, 0.4) is 0 Å². The molecular weight excluding hydrogens is 430 g/mol. The Morgan fingerprint density at radius 2 is 1.91 bits per heavy atom. The highest BCUT2D eigenvalue weighted by Gasteiger charge is 2.24. The molecule has 0 saturated carbocycles. The molecule has 0 aliphatic carbocycles. The van der Waals surface area contributed by atoms with Gasteiger partial charge in [0.15, 0.2) is 0 Å². The number of carbonyl (C=O) groups is 2. The number of nitrogens with zero attached hydrogens (tertiary/aromatic N) is 3. The average Bonchev–Trinajstić information content (AvgIpc) is 2.84. The number of aromatic nitrogens is 2. The van der Waals surface area contributed by atoms with Crippen LogP contribution >= 0.6 is 0 Å². The summed E-state index contributed by atoms with van der Waals surface area (Å²) in [6, 6.07) is 12.9. The number of amides is 3. The van der Waals surface area contributed by atoms with Gasteiger partial charge in [-0.15, -0.1) is 0 Å². The number of nitrogens with one attached hydrogen (secondary N) is 2. The fraction of sp³-hybridized carbons (Fsp3) is 0.385. The fourth-order valence-electron chi connectivity index (χ4n) is 4.38. The van der Waals surface area contributed by atoms with Crippen LogP contribution < -0.4 is 16.2 Å². The standard InChI is InChI=1S/C26H31N5O3/c1-18-8-10-21(11-9-18)29-26(34)27-15-20-6-4-13-30(16-20)23(32)12-14-31-17-28-24-19(2)5-3-7-22(24)25(31)33/h3,5,7-11,17,20H,4,6,12-16H2,1-2H3,(H2,27,29,34). The number of fused-ring (bicyclic) bond motifs is 1. The van der Waals surface area contributed by atoms with E-state index in [1.54, 1.807) is 6.07 Å². The molecule has 1 unspecified atom stereocenters. The van der Waals surface area contributed by atoms with Crippen molar-refractivity contribution >= 4 is 28.5 Å². The lowest BCUT2D eigenvalue weighted by molar-refractivity contribution is -0.133. The summed E-state index contributed by atoms with van der Waals surface area (Å²) in [5.41, 5.74) is 3.42. The quantitative estimate of drug-likeness (QED) is 0.588. The third-order valence-corrected chi connectivity index (χ3v) is 6.35. The van der Waals surface area contributed by atoms with Crippen LogP contribution in [0.5, 0.6) is 0 Å². The van der Waals surface area contributed by atoms with Crippen molar-refractivity contribution in [3.8, 4) is 0 Å². The summed E-state index contributed by atoms with van der Waals surface area (Å²) in [6.45, 7) is 6.04. The summed E-state index contributed by atoms with van der Waals surface area (Å²) in [5.74, 6) is 0.222. The highest BCUT2D eigenvalue weighted by atomic mass is 16.2. The lowest BCUT2D eigenvalue weighted by Crippen LogP contribution is -2.44. The van der Waals surface area contributed by atoms with Gasteiger partial charge in [0.05, 0.1) is 17.2 Å². The molecule has 8 heteroatoms. The van der Waals surface area contributed by atoms with Crippen LogP contribution in [0.4, 0.5) is 10.5 Å². The molecule has 1 aliphatic rings. The molecule has 34 heavy (non-hydrogen) atoms. The summed E-state index contributed by atoms with van der Waals surface area (Å²) in [4.78, 5) is 44.1. The molecule has 178 valence electrons. The van der Waals surface area contributed by atoms with Crippen LogP contribution in [0.15, 0.2) is 53.6 Å². The minimum absolute atomic E-state index is 0.0186. The Kier molecular flexibility index (Phi) is 7.25. The van der Waals surface area contributed by atoms with E-state index in [4.69, 9.17) is 0 Å². The molecule has 2 heterocycles. The molecule has 4 rings (SSSR count). The van der Waals surface area contributed by atoms with Crippen molar-refractivity contribution in [2.24, 2.45) is 5.92 Å². The van der Waals surface area contributed by atoms with E-state index in [9.17, 15) is 14.4 Å². The summed E-state index contributed by atoms with van der Waals surface area (Å²) in [6.07, 6.45) is 3.63. The largest absolute Gasteiger partial charge is 0.342 e. The Labute approximate surface area is 199 Å². The zero-order valence-corrected chi connectivity index (χ0v) is 19.7. The number of aryl methyl sites for hydroxylation is 3. The Balaban J connectivity index is 1.27. The number of carbonyl (C=O) groups excluding carboxylic acids is 2. The average molecular weight is 462 g/mol. The first kappa shape index (κ1) is 23.5. The molecule has 3 aromatic rings. The molecule has 0 bridgehead atoms. The number of hydrogen-bond donors (Lipinski definition) is 2. The van der Waals surface area contributed by atoms with Gasteiger partial charge in [0.2, 0.25) is 5.91 Å². The number of para-hydroxylation sites is 1. The number of piperidine rings is 1. The SMILES string of the molecule is Cc1ccc(NC(=O)NCC2CCCN(C(=O)CCn3cnc4c(C)cccc4c3=O)C2)cc1. The van der Waals surface area contributed by atoms with Gasteiger partial charge >= 0.3 is 6.03 Å². The second-order valence-electron chi connectivity index (χ2n) is 9.01. The summed E-state index contributed by atoms with van der Waals surface area (Å²) in [7, 11) is 0. The fourth-order valence-corrected chi connectivity index (χ4v) is 4.38. The number of rotatable bonds is 6. The van der Waals surface area contributed by atoms with Crippen LogP contribution in [-0.2, 0) is 11.3 Å². The molecule has 8 nitrogen and oxygen atoms in total. The number of likely N-dealkylation sites (tertiary alicyclic amines) is 1. The molecule has 0 radical (unpaired) electrons. The zero-order valence-electron chi connectivity index (χ0n) is 19.7. The topological polar surface area (TPSA) is 96.3 Å². The zero-order chi connectivity index (χ0) is 24.1. The van der Waals surface area contributed by atoms with Crippen LogP contribution in [0.2, 0.25) is 0 Å². The van der Waals surface area contributed by atoms with Gasteiger partial charge in [0.25, 0.3) is 5.56 Å². The first-order valence-electron chi connectivity index (χ1n) is 11.7. The lowest BCUT2D eigenvalue weighted by Gasteiger charge is -2.33.